The number of amides is 1. The van der Waals surface area contributed by atoms with Crippen molar-refractivity contribution < 1.29 is 4.79 Å². The predicted molar refractivity (Wildman–Crippen MR) is 71.6 cm³/mol. The van der Waals surface area contributed by atoms with Crippen molar-refractivity contribution in [3.05, 3.63) is 0 Å². The van der Waals surface area contributed by atoms with E-state index in [4.69, 9.17) is 5.73 Å². The van der Waals surface area contributed by atoms with Crippen LogP contribution in [0.5, 0.6) is 0 Å². The summed E-state index contributed by atoms with van der Waals surface area (Å²) in [6, 6.07) is -0.339. The predicted octanol–water partition coefficient (Wildman–Crippen LogP) is 2.30. The number of hydrogen-bond acceptors (Lipinski definition) is 2. The lowest BCUT2D eigenvalue weighted by atomic mass is 9.80. The molecule has 0 heterocycles. The van der Waals surface area contributed by atoms with Gasteiger partial charge in [-0.2, -0.15) is 0 Å². The third-order valence-electron chi connectivity index (χ3n) is 3.89. The van der Waals surface area contributed by atoms with E-state index in [1.165, 1.54) is 25.7 Å². The fourth-order valence-corrected chi connectivity index (χ4v) is 2.67. The molecule has 0 aliphatic heterocycles. The molecular formula is C14H28N2O. The van der Waals surface area contributed by atoms with Gasteiger partial charge in [0.05, 0.1) is 6.04 Å². The van der Waals surface area contributed by atoms with E-state index in [-0.39, 0.29) is 11.9 Å². The van der Waals surface area contributed by atoms with Gasteiger partial charge < -0.3 is 11.1 Å². The van der Waals surface area contributed by atoms with Crippen LogP contribution in [-0.4, -0.2) is 18.5 Å². The number of hydrogen-bond donors (Lipinski definition) is 2. The highest BCUT2D eigenvalue weighted by molar-refractivity contribution is 5.81. The van der Waals surface area contributed by atoms with Gasteiger partial charge in [-0.25, -0.2) is 0 Å². The molecule has 0 saturated heterocycles. The summed E-state index contributed by atoms with van der Waals surface area (Å²) < 4.78 is 0. The van der Waals surface area contributed by atoms with Gasteiger partial charge >= 0.3 is 0 Å². The molecule has 3 heteroatoms. The van der Waals surface area contributed by atoms with Crippen molar-refractivity contribution in [2.24, 2.45) is 23.5 Å². The standard InChI is InChI=1S/C14H28N2O/c1-10(2)8-13(15)14(17)16-9-12-7-5-4-6-11(12)3/h10-13H,4-9,15H2,1-3H3,(H,16,17)/t11?,12?,13-/m0/s1. The minimum absolute atomic E-state index is 0.0245. The molecule has 1 amide bonds. The molecule has 3 N–H and O–H groups in total. The molecule has 0 aromatic heterocycles. The Morgan fingerprint density at radius 1 is 1.35 bits per heavy atom. The molecule has 2 unspecified atom stereocenters. The first kappa shape index (κ1) is 14.5. The van der Waals surface area contributed by atoms with Crippen molar-refractivity contribution in [2.75, 3.05) is 6.54 Å². The van der Waals surface area contributed by atoms with E-state index in [1.807, 2.05) is 0 Å². The molecular weight excluding hydrogens is 212 g/mol. The average Bonchev–Trinajstić information content (AvgIpc) is 2.26. The Morgan fingerprint density at radius 2 is 2.00 bits per heavy atom. The van der Waals surface area contributed by atoms with Crippen molar-refractivity contribution in [2.45, 2.75) is 58.9 Å². The lowest BCUT2D eigenvalue weighted by Crippen LogP contribution is -2.44. The van der Waals surface area contributed by atoms with Gasteiger partial charge in [0.25, 0.3) is 0 Å². The van der Waals surface area contributed by atoms with Gasteiger partial charge in [0.2, 0.25) is 5.91 Å². The zero-order chi connectivity index (χ0) is 12.8. The summed E-state index contributed by atoms with van der Waals surface area (Å²) in [4.78, 5) is 11.8. The van der Waals surface area contributed by atoms with Gasteiger partial charge in [-0.3, -0.25) is 4.79 Å². The van der Waals surface area contributed by atoms with Gasteiger partial charge in [0.1, 0.15) is 0 Å². The lowest BCUT2D eigenvalue weighted by Gasteiger charge is -2.29. The van der Waals surface area contributed by atoms with Crippen molar-refractivity contribution in [3.63, 3.8) is 0 Å². The van der Waals surface area contributed by atoms with Crippen LogP contribution in [0.2, 0.25) is 0 Å². The highest BCUT2D eigenvalue weighted by atomic mass is 16.2. The van der Waals surface area contributed by atoms with Crippen molar-refractivity contribution >= 4 is 5.91 Å². The largest absolute Gasteiger partial charge is 0.354 e. The molecule has 0 aromatic rings. The van der Waals surface area contributed by atoms with Crippen molar-refractivity contribution in [1.29, 1.82) is 0 Å². The number of nitrogens with one attached hydrogen (secondary N) is 1. The Bertz CT molecular complexity index is 240. The van der Waals surface area contributed by atoms with Crippen LogP contribution in [0, 0.1) is 17.8 Å². The Labute approximate surface area is 106 Å². The quantitative estimate of drug-likeness (QED) is 0.774. The summed E-state index contributed by atoms with van der Waals surface area (Å²) in [7, 11) is 0. The van der Waals surface area contributed by atoms with E-state index in [1.54, 1.807) is 0 Å². The third kappa shape index (κ3) is 5.07. The molecule has 1 saturated carbocycles. The summed E-state index contributed by atoms with van der Waals surface area (Å²) in [5.74, 6) is 1.89. The fraction of sp³-hybridized carbons (Fsp3) is 0.929. The second-order valence-electron chi connectivity index (χ2n) is 6.00. The molecule has 0 radical (unpaired) electrons. The molecule has 3 atom stereocenters. The Kier molecular flexibility index (Phi) is 5.96. The SMILES string of the molecule is CC(C)C[C@H](N)C(=O)NCC1CCCCC1C. The molecule has 3 nitrogen and oxygen atoms in total. The van der Waals surface area contributed by atoms with E-state index in [9.17, 15) is 4.79 Å². The second kappa shape index (κ2) is 7.00. The summed E-state index contributed by atoms with van der Waals surface area (Å²) >= 11 is 0. The third-order valence-corrected chi connectivity index (χ3v) is 3.89. The Hall–Kier alpha value is -0.570. The molecule has 1 fully saturated rings. The van der Waals surface area contributed by atoms with Crippen molar-refractivity contribution in [3.8, 4) is 0 Å². The maximum Gasteiger partial charge on any atom is 0.236 e. The van der Waals surface area contributed by atoms with Gasteiger partial charge in [0, 0.05) is 6.54 Å². The van der Waals surface area contributed by atoms with Crippen LogP contribution in [0.4, 0.5) is 0 Å². The molecule has 1 aliphatic carbocycles. The number of carbonyl (C=O) groups is 1. The highest BCUT2D eigenvalue weighted by Gasteiger charge is 2.22. The van der Waals surface area contributed by atoms with E-state index in [0.29, 0.717) is 11.8 Å². The number of rotatable bonds is 5. The van der Waals surface area contributed by atoms with Crippen LogP contribution in [0.1, 0.15) is 52.9 Å². The van der Waals surface area contributed by atoms with Crippen LogP contribution in [-0.2, 0) is 4.79 Å². The van der Waals surface area contributed by atoms with E-state index < -0.39 is 0 Å². The van der Waals surface area contributed by atoms with Crippen LogP contribution < -0.4 is 11.1 Å². The summed E-state index contributed by atoms with van der Waals surface area (Å²) in [6.45, 7) is 7.29. The van der Waals surface area contributed by atoms with Crippen LogP contribution in [0.25, 0.3) is 0 Å². The summed E-state index contributed by atoms with van der Waals surface area (Å²) in [6.07, 6.45) is 5.98. The van der Waals surface area contributed by atoms with E-state index in [0.717, 1.165) is 18.9 Å². The summed E-state index contributed by atoms with van der Waals surface area (Å²) in [5.41, 5.74) is 5.86. The Morgan fingerprint density at radius 3 is 2.59 bits per heavy atom. The lowest BCUT2D eigenvalue weighted by molar-refractivity contribution is -0.123. The van der Waals surface area contributed by atoms with Gasteiger partial charge in [0.15, 0.2) is 0 Å². The molecule has 0 spiro atoms. The maximum absolute atomic E-state index is 11.8. The van der Waals surface area contributed by atoms with Crippen LogP contribution in [0.3, 0.4) is 0 Å². The molecule has 1 aliphatic rings. The molecule has 1 rings (SSSR count). The first-order chi connectivity index (χ1) is 8.00. The van der Waals surface area contributed by atoms with Gasteiger partial charge in [-0.1, -0.05) is 40.0 Å². The van der Waals surface area contributed by atoms with Gasteiger partial charge in [-0.15, -0.1) is 0 Å². The smallest absolute Gasteiger partial charge is 0.236 e. The minimum Gasteiger partial charge on any atom is -0.354 e. The van der Waals surface area contributed by atoms with Gasteiger partial charge in [-0.05, 0) is 30.6 Å². The normalized spacial score (nSPS) is 26.9. The zero-order valence-electron chi connectivity index (χ0n) is 11.5. The zero-order valence-corrected chi connectivity index (χ0v) is 11.5. The maximum atomic E-state index is 11.8. The Balaban J connectivity index is 2.26. The highest BCUT2D eigenvalue weighted by Crippen LogP contribution is 2.28. The fourth-order valence-electron chi connectivity index (χ4n) is 2.67. The first-order valence-corrected chi connectivity index (χ1v) is 7.04. The summed E-state index contributed by atoms with van der Waals surface area (Å²) in [5, 5.41) is 3.02. The van der Waals surface area contributed by atoms with E-state index in [2.05, 4.69) is 26.1 Å². The molecule has 100 valence electrons. The first-order valence-electron chi connectivity index (χ1n) is 7.04. The number of nitrogens with two attached hydrogens (primary N) is 1. The average molecular weight is 240 g/mol. The molecule has 17 heavy (non-hydrogen) atoms. The van der Waals surface area contributed by atoms with E-state index >= 15 is 0 Å². The van der Waals surface area contributed by atoms with Crippen molar-refractivity contribution in [1.82, 2.24) is 5.32 Å². The molecule has 0 bridgehead atoms. The molecule has 0 aromatic carbocycles. The van der Waals surface area contributed by atoms with Crippen LogP contribution >= 0.6 is 0 Å². The van der Waals surface area contributed by atoms with Crippen LogP contribution in [0.15, 0.2) is 0 Å². The minimum atomic E-state index is -0.339. The number of carbonyl (C=O) groups excluding carboxylic acids is 1. The monoisotopic (exact) mass is 240 g/mol. The second-order valence-corrected chi connectivity index (χ2v) is 6.00. The topological polar surface area (TPSA) is 55.1 Å².